The molecule has 0 aliphatic heterocycles. The second-order valence-electron chi connectivity index (χ2n) is 4.32. The molecule has 1 amide bonds. The summed E-state index contributed by atoms with van der Waals surface area (Å²) in [4.78, 5) is 11.8. The van der Waals surface area contributed by atoms with Gasteiger partial charge in [-0.05, 0) is 42.3 Å². The highest BCUT2D eigenvalue weighted by molar-refractivity contribution is 6.31. The summed E-state index contributed by atoms with van der Waals surface area (Å²) in [5.41, 5.74) is 2.22. The van der Waals surface area contributed by atoms with E-state index in [0.29, 0.717) is 16.3 Å². The standard InChI is InChI=1S/C15H13ClFNO/c1-10-5-6-13(9-14(10)16)18-15(19)8-11-3-2-4-12(17)7-11/h2-7,9H,8H2,1H3,(H,18,19). The molecular weight excluding hydrogens is 265 g/mol. The van der Waals surface area contributed by atoms with E-state index in [-0.39, 0.29) is 18.1 Å². The SMILES string of the molecule is Cc1ccc(NC(=O)Cc2cccc(F)c2)cc1Cl. The van der Waals surface area contributed by atoms with Crippen molar-refractivity contribution in [2.75, 3.05) is 5.32 Å². The van der Waals surface area contributed by atoms with Crippen LogP contribution in [0, 0.1) is 12.7 Å². The minimum absolute atomic E-state index is 0.128. The summed E-state index contributed by atoms with van der Waals surface area (Å²) in [7, 11) is 0. The quantitative estimate of drug-likeness (QED) is 0.904. The number of hydrogen-bond acceptors (Lipinski definition) is 1. The predicted molar refractivity (Wildman–Crippen MR) is 74.9 cm³/mol. The van der Waals surface area contributed by atoms with E-state index < -0.39 is 0 Å². The largest absolute Gasteiger partial charge is 0.326 e. The van der Waals surface area contributed by atoms with E-state index in [1.165, 1.54) is 12.1 Å². The molecule has 0 fully saturated rings. The van der Waals surface area contributed by atoms with Gasteiger partial charge in [-0.15, -0.1) is 0 Å². The minimum atomic E-state index is -0.344. The van der Waals surface area contributed by atoms with E-state index >= 15 is 0 Å². The highest BCUT2D eigenvalue weighted by atomic mass is 35.5. The molecule has 1 N–H and O–H groups in total. The molecular formula is C15H13ClFNO. The molecule has 0 atom stereocenters. The molecule has 0 unspecified atom stereocenters. The summed E-state index contributed by atoms with van der Waals surface area (Å²) in [5, 5.41) is 3.33. The Morgan fingerprint density at radius 2 is 2.05 bits per heavy atom. The van der Waals surface area contributed by atoms with Gasteiger partial charge in [-0.2, -0.15) is 0 Å². The van der Waals surface area contributed by atoms with Crippen LogP contribution in [0.25, 0.3) is 0 Å². The number of rotatable bonds is 3. The molecule has 0 bridgehead atoms. The van der Waals surface area contributed by atoms with E-state index in [0.717, 1.165) is 5.56 Å². The molecule has 0 spiro atoms. The first kappa shape index (κ1) is 13.6. The molecule has 2 aromatic carbocycles. The maximum Gasteiger partial charge on any atom is 0.228 e. The van der Waals surface area contributed by atoms with Crippen molar-refractivity contribution in [3.63, 3.8) is 0 Å². The molecule has 0 radical (unpaired) electrons. The normalized spacial score (nSPS) is 10.3. The first-order chi connectivity index (χ1) is 9.04. The summed E-state index contributed by atoms with van der Waals surface area (Å²) < 4.78 is 13.0. The van der Waals surface area contributed by atoms with Crippen LogP contribution in [0.1, 0.15) is 11.1 Å². The average Bonchev–Trinajstić information content (AvgIpc) is 2.34. The summed E-state index contributed by atoms with van der Waals surface area (Å²) in [6.45, 7) is 1.89. The molecule has 2 aromatic rings. The van der Waals surface area contributed by atoms with Gasteiger partial charge in [0.15, 0.2) is 0 Å². The maximum atomic E-state index is 13.0. The van der Waals surface area contributed by atoms with Gasteiger partial charge in [0.25, 0.3) is 0 Å². The Balaban J connectivity index is 2.03. The molecule has 0 aliphatic carbocycles. The van der Waals surface area contributed by atoms with Crippen molar-refractivity contribution >= 4 is 23.2 Å². The van der Waals surface area contributed by atoms with Crippen LogP contribution in [0.4, 0.5) is 10.1 Å². The predicted octanol–water partition coefficient (Wildman–Crippen LogP) is 3.97. The number of hydrogen-bond donors (Lipinski definition) is 1. The molecule has 0 saturated heterocycles. The highest BCUT2D eigenvalue weighted by Gasteiger charge is 2.06. The fourth-order valence-corrected chi connectivity index (χ4v) is 1.89. The van der Waals surface area contributed by atoms with Crippen LogP contribution in [0.2, 0.25) is 5.02 Å². The van der Waals surface area contributed by atoms with Gasteiger partial charge in [-0.3, -0.25) is 4.79 Å². The third-order valence-corrected chi connectivity index (χ3v) is 3.12. The number of aryl methyl sites for hydroxylation is 1. The average molecular weight is 278 g/mol. The molecule has 4 heteroatoms. The maximum absolute atomic E-state index is 13.0. The van der Waals surface area contributed by atoms with Crippen LogP contribution in [0.15, 0.2) is 42.5 Å². The van der Waals surface area contributed by atoms with Crippen molar-refractivity contribution in [3.05, 3.63) is 64.4 Å². The van der Waals surface area contributed by atoms with Crippen LogP contribution >= 0.6 is 11.6 Å². The second-order valence-corrected chi connectivity index (χ2v) is 4.73. The smallest absolute Gasteiger partial charge is 0.228 e. The fraction of sp³-hybridized carbons (Fsp3) is 0.133. The Morgan fingerprint density at radius 3 is 2.74 bits per heavy atom. The van der Waals surface area contributed by atoms with Crippen molar-refractivity contribution in [1.29, 1.82) is 0 Å². The molecule has 0 heterocycles. The minimum Gasteiger partial charge on any atom is -0.326 e. The number of carbonyl (C=O) groups excluding carboxylic acids is 1. The van der Waals surface area contributed by atoms with Gasteiger partial charge in [-0.1, -0.05) is 29.8 Å². The number of amides is 1. The number of benzene rings is 2. The Hall–Kier alpha value is -1.87. The lowest BCUT2D eigenvalue weighted by atomic mass is 10.1. The molecule has 0 aliphatic rings. The molecule has 2 nitrogen and oxygen atoms in total. The third-order valence-electron chi connectivity index (χ3n) is 2.71. The van der Waals surface area contributed by atoms with Crippen LogP contribution < -0.4 is 5.32 Å². The zero-order valence-corrected chi connectivity index (χ0v) is 11.2. The molecule has 98 valence electrons. The van der Waals surface area contributed by atoms with E-state index in [1.54, 1.807) is 24.3 Å². The van der Waals surface area contributed by atoms with Crippen LogP contribution in [0.5, 0.6) is 0 Å². The second kappa shape index (κ2) is 5.85. The summed E-state index contributed by atoms with van der Waals surface area (Å²) in [6, 6.07) is 11.3. The lowest BCUT2D eigenvalue weighted by Crippen LogP contribution is -2.14. The van der Waals surface area contributed by atoms with Gasteiger partial charge in [0.05, 0.1) is 6.42 Å². The fourth-order valence-electron chi connectivity index (χ4n) is 1.71. The van der Waals surface area contributed by atoms with Crippen molar-refractivity contribution in [2.24, 2.45) is 0 Å². The summed E-state index contributed by atoms with van der Waals surface area (Å²) in [6.07, 6.45) is 0.128. The number of carbonyl (C=O) groups is 1. The van der Waals surface area contributed by atoms with E-state index in [2.05, 4.69) is 5.32 Å². The summed E-state index contributed by atoms with van der Waals surface area (Å²) >= 11 is 5.98. The van der Waals surface area contributed by atoms with Gasteiger partial charge < -0.3 is 5.32 Å². The van der Waals surface area contributed by atoms with Gasteiger partial charge in [-0.25, -0.2) is 4.39 Å². The Bertz CT molecular complexity index is 613. The Kier molecular flexibility index (Phi) is 4.17. The van der Waals surface area contributed by atoms with Crippen LogP contribution in [0.3, 0.4) is 0 Å². The molecule has 2 rings (SSSR count). The van der Waals surface area contributed by atoms with Gasteiger partial charge in [0.1, 0.15) is 5.82 Å². The van der Waals surface area contributed by atoms with Crippen molar-refractivity contribution in [1.82, 2.24) is 0 Å². The van der Waals surface area contributed by atoms with Gasteiger partial charge in [0.2, 0.25) is 5.91 Å². The first-order valence-electron chi connectivity index (χ1n) is 5.85. The van der Waals surface area contributed by atoms with E-state index in [1.807, 2.05) is 13.0 Å². The lowest BCUT2D eigenvalue weighted by Gasteiger charge is -2.07. The van der Waals surface area contributed by atoms with E-state index in [4.69, 9.17) is 11.6 Å². The monoisotopic (exact) mass is 277 g/mol. The van der Waals surface area contributed by atoms with Crippen LogP contribution in [-0.4, -0.2) is 5.91 Å². The highest BCUT2D eigenvalue weighted by Crippen LogP contribution is 2.20. The van der Waals surface area contributed by atoms with Crippen molar-refractivity contribution in [2.45, 2.75) is 13.3 Å². The molecule has 0 aromatic heterocycles. The zero-order valence-electron chi connectivity index (χ0n) is 10.4. The van der Waals surface area contributed by atoms with Crippen molar-refractivity contribution in [3.8, 4) is 0 Å². The van der Waals surface area contributed by atoms with Gasteiger partial charge in [0, 0.05) is 10.7 Å². The zero-order chi connectivity index (χ0) is 13.8. The molecule has 19 heavy (non-hydrogen) atoms. The topological polar surface area (TPSA) is 29.1 Å². The Morgan fingerprint density at radius 1 is 1.26 bits per heavy atom. The number of anilines is 1. The van der Waals surface area contributed by atoms with E-state index in [9.17, 15) is 9.18 Å². The molecule has 0 saturated carbocycles. The third kappa shape index (κ3) is 3.80. The first-order valence-corrected chi connectivity index (χ1v) is 6.23. The van der Waals surface area contributed by atoms with Crippen LogP contribution in [-0.2, 0) is 11.2 Å². The lowest BCUT2D eigenvalue weighted by molar-refractivity contribution is -0.115. The van der Waals surface area contributed by atoms with Crippen molar-refractivity contribution < 1.29 is 9.18 Å². The summed E-state index contributed by atoms with van der Waals surface area (Å²) in [5.74, 6) is -0.547. The number of nitrogens with one attached hydrogen (secondary N) is 1. The number of halogens is 2. The Labute approximate surface area is 116 Å². The van der Waals surface area contributed by atoms with Gasteiger partial charge >= 0.3 is 0 Å².